The molecule has 11 heteroatoms. The van der Waals surface area contributed by atoms with Crippen LogP contribution in [-0.2, 0) is 19.6 Å². The third-order valence-corrected chi connectivity index (χ3v) is 7.08. The number of nitrogens with zero attached hydrogens (tertiary/aromatic N) is 3. The van der Waals surface area contributed by atoms with Crippen LogP contribution in [0, 0.1) is 0 Å². The van der Waals surface area contributed by atoms with E-state index in [1.165, 1.54) is 11.8 Å². The molecule has 3 aliphatic rings. The number of rotatable bonds is 3. The highest BCUT2D eigenvalue weighted by Crippen LogP contribution is 2.42. The van der Waals surface area contributed by atoms with Crippen molar-refractivity contribution in [2.45, 2.75) is 17.9 Å². The highest BCUT2D eigenvalue weighted by atomic mass is 32.2. The van der Waals surface area contributed by atoms with E-state index in [-0.39, 0.29) is 17.6 Å². The Morgan fingerprint density at radius 2 is 2.00 bits per heavy atom. The van der Waals surface area contributed by atoms with Gasteiger partial charge in [0.15, 0.2) is 5.17 Å². The minimum Gasteiger partial charge on any atom is -0.378 e. The molecule has 4 rings (SSSR count). The first kappa shape index (κ1) is 19.2. The zero-order valence-corrected chi connectivity index (χ0v) is 16.9. The van der Waals surface area contributed by atoms with Crippen LogP contribution in [0.2, 0.25) is 0 Å². The van der Waals surface area contributed by atoms with Crippen molar-refractivity contribution in [3.63, 3.8) is 0 Å². The topological polar surface area (TPSA) is 108 Å². The number of ether oxygens (including phenoxy) is 1. The van der Waals surface area contributed by atoms with E-state index in [9.17, 15) is 18.0 Å². The van der Waals surface area contributed by atoms with E-state index in [0.717, 1.165) is 10.6 Å². The van der Waals surface area contributed by atoms with Gasteiger partial charge in [0.2, 0.25) is 5.91 Å². The molecule has 1 saturated heterocycles. The summed E-state index contributed by atoms with van der Waals surface area (Å²) >= 11 is 1.23. The highest BCUT2D eigenvalue weighted by molar-refractivity contribution is 8.15. The molecule has 1 fully saturated rings. The third-order valence-electron chi connectivity index (χ3n) is 4.78. The molecule has 1 atom stereocenters. The molecule has 150 valence electrons. The van der Waals surface area contributed by atoms with Crippen molar-refractivity contribution >= 4 is 44.5 Å². The fourth-order valence-corrected chi connectivity index (χ4v) is 5.57. The number of fused-ring (bicyclic) bond motifs is 3. The molecular formula is C17H20N4O5S2. The van der Waals surface area contributed by atoms with Crippen molar-refractivity contribution in [2.75, 3.05) is 43.5 Å². The van der Waals surface area contributed by atoms with Gasteiger partial charge in [0, 0.05) is 30.1 Å². The van der Waals surface area contributed by atoms with Crippen LogP contribution >= 0.6 is 11.8 Å². The zero-order chi connectivity index (χ0) is 19.9. The molecule has 0 aromatic heterocycles. The van der Waals surface area contributed by atoms with E-state index >= 15 is 0 Å². The molecule has 0 saturated carbocycles. The number of carbonyl (C=O) groups excluding carboxylic acids is 2. The predicted molar refractivity (Wildman–Crippen MR) is 105 cm³/mol. The molecule has 1 aromatic carbocycles. The molecule has 3 aliphatic heterocycles. The number of carbonyl (C=O) groups is 2. The lowest BCUT2D eigenvalue weighted by molar-refractivity contribution is -0.136. The lowest BCUT2D eigenvalue weighted by atomic mass is 10.1. The van der Waals surface area contributed by atoms with Crippen LogP contribution in [0.25, 0.3) is 0 Å². The number of morpholine rings is 1. The number of hydrogen-bond acceptors (Lipinski definition) is 7. The number of anilines is 1. The van der Waals surface area contributed by atoms with Gasteiger partial charge in [0.05, 0.1) is 24.7 Å². The summed E-state index contributed by atoms with van der Waals surface area (Å²) in [5.74, 6) is -0.513. The van der Waals surface area contributed by atoms with Gasteiger partial charge in [-0.05, 0) is 36.9 Å². The van der Waals surface area contributed by atoms with Crippen LogP contribution < -0.4 is 10.2 Å². The largest absolute Gasteiger partial charge is 0.378 e. The monoisotopic (exact) mass is 424 g/mol. The van der Waals surface area contributed by atoms with Crippen molar-refractivity contribution < 1.29 is 22.7 Å². The Kier molecular flexibility index (Phi) is 5.06. The summed E-state index contributed by atoms with van der Waals surface area (Å²) in [4.78, 5) is 29.4. The van der Waals surface area contributed by atoms with Crippen LogP contribution in [0.4, 0.5) is 5.69 Å². The van der Waals surface area contributed by atoms with Gasteiger partial charge in [-0.15, -0.1) is 4.40 Å². The maximum Gasteiger partial charge on any atom is 0.257 e. The van der Waals surface area contributed by atoms with Gasteiger partial charge in [-0.1, -0.05) is 0 Å². The lowest BCUT2D eigenvalue weighted by Gasteiger charge is -2.29. The van der Waals surface area contributed by atoms with Gasteiger partial charge in [-0.2, -0.15) is 0 Å². The Balaban J connectivity index is 1.46. The Hall–Kier alpha value is -2.11. The number of benzene rings is 1. The molecule has 28 heavy (non-hydrogen) atoms. The minimum atomic E-state index is -3.42. The van der Waals surface area contributed by atoms with Gasteiger partial charge in [-0.3, -0.25) is 9.59 Å². The van der Waals surface area contributed by atoms with E-state index in [4.69, 9.17) is 4.74 Å². The molecule has 2 amide bonds. The number of amides is 2. The second kappa shape index (κ2) is 7.37. The van der Waals surface area contributed by atoms with Crippen molar-refractivity contribution in [1.82, 2.24) is 10.2 Å². The first-order valence-corrected chi connectivity index (χ1v) is 11.4. The van der Waals surface area contributed by atoms with E-state index in [2.05, 4.69) is 9.71 Å². The molecule has 0 spiro atoms. The Morgan fingerprint density at radius 1 is 1.25 bits per heavy atom. The average Bonchev–Trinajstić information content (AvgIpc) is 3.03. The highest BCUT2D eigenvalue weighted by Gasteiger charge is 2.33. The van der Waals surface area contributed by atoms with Gasteiger partial charge in [0.1, 0.15) is 6.04 Å². The molecule has 1 unspecified atom stereocenters. The van der Waals surface area contributed by atoms with Crippen molar-refractivity contribution in [2.24, 2.45) is 4.40 Å². The predicted octanol–water partition coefficient (Wildman–Crippen LogP) is 0.275. The molecule has 9 nitrogen and oxygen atoms in total. The standard InChI is InChI=1S/C17H20N4O5S2/c1-11(16(23)20-4-7-26-8-5-20)18-15(22)12-2-3-13-14(10-12)27-17-19-28(24,25)9-6-21(13)17/h2-3,10-11H,4-9H2,1H3,(H,18,22). The Morgan fingerprint density at radius 3 is 2.75 bits per heavy atom. The Labute approximate surface area is 167 Å². The Bertz CT molecular complexity index is 956. The first-order chi connectivity index (χ1) is 13.3. The molecule has 0 bridgehead atoms. The molecule has 1 aromatic rings. The zero-order valence-electron chi connectivity index (χ0n) is 15.3. The molecule has 0 aliphatic carbocycles. The van der Waals surface area contributed by atoms with Crippen LogP contribution in [0.5, 0.6) is 0 Å². The van der Waals surface area contributed by atoms with Gasteiger partial charge in [-0.25, -0.2) is 8.42 Å². The summed E-state index contributed by atoms with van der Waals surface area (Å²) in [6.45, 7) is 4.06. The quantitative estimate of drug-likeness (QED) is 0.742. The summed E-state index contributed by atoms with van der Waals surface area (Å²) in [6.07, 6.45) is 0. The molecule has 0 radical (unpaired) electrons. The van der Waals surface area contributed by atoms with Crippen molar-refractivity contribution in [3.05, 3.63) is 23.8 Å². The lowest BCUT2D eigenvalue weighted by Crippen LogP contribution is -2.50. The van der Waals surface area contributed by atoms with Crippen molar-refractivity contribution in [1.29, 1.82) is 0 Å². The molecule has 1 N–H and O–H groups in total. The fourth-order valence-electron chi connectivity index (χ4n) is 3.27. The number of sulfonamides is 1. The van der Waals surface area contributed by atoms with Crippen LogP contribution in [0.3, 0.4) is 0 Å². The third kappa shape index (κ3) is 3.74. The SMILES string of the molecule is CC(NC(=O)c1ccc2c(c1)SC1=NS(=O)(=O)CCN12)C(=O)N1CCOCC1. The number of nitrogens with one attached hydrogen (secondary N) is 1. The summed E-state index contributed by atoms with van der Waals surface area (Å²) in [6, 6.07) is 4.51. The smallest absolute Gasteiger partial charge is 0.257 e. The first-order valence-electron chi connectivity index (χ1n) is 8.93. The maximum absolute atomic E-state index is 12.6. The molecule has 3 heterocycles. The van der Waals surface area contributed by atoms with Gasteiger partial charge >= 0.3 is 0 Å². The fraction of sp³-hybridized carbons (Fsp3) is 0.471. The van der Waals surface area contributed by atoms with E-state index < -0.39 is 16.1 Å². The second-order valence-corrected chi connectivity index (χ2v) is 9.49. The summed E-state index contributed by atoms with van der Waals surface area (Å²) in [5.41, 5.74) is 1.25. The summed E-state index contributed by atoms with van der Waals surface area (Å²) in [5, 5.41) is 3.15. The number of amidine groups is 1. The summed E-state index contributed by atoms with van der Waals surface area (Å²) in [7, 11) is -3.42. The van der Waals surface area contributed by atoms with E-state index in [1.807, 2.05) is 4.90 Å². The number of hydrogen-bond donors (Lipinski definition) is 1. The number of thioether (sulfide) groups is 1. The van der Waals surface area contributed by atoms with Gasteiger partial charge in [0.25, 0.3) is 15.9 Å². The average molecular weight is 425 g/mol. The molecular weight excluding hydrogens is 404 g/mol. The van der Waals surface area contributed by atoms with Crippen LogP contribution in [0.15, 0.2) is 27.5 Å². The van der Waals surface area contributed by atoms with Gasteiger partial charge < -0.3 is 19.9 Å². The van der Waals surface area contributed by atoms with Crippen LogP contribution in [0.1, 0.15) is 17.3 Å². The minimum absolute atomic E-state index is 0.0279. The van der Waals surface area contributed by atoms with Crippen molar-refractivity contribution in [3.8, 4) is 0 Å². The summed E-state index contributed by atoms with van der Waals surface area (Å²) < 4.78 is 32.4. The normalized spacial score (nSPS) is 21.4. The second-order valence-electron chi connectivity index (χ2n) is 6.73. The van der Waals surface area contributed by atoms with E-state index in [0.29, 0.717) is 43.6 Å². The van der Waals surface area contributed by atoms with Crippen LogP contribution in [-0.4, -0.2) is 74.9 Å². The van der Waals surface area contributed by atoms with E-state index in [1.54, 1.807) is 30.0 Å². The maximum atomic E-state index is 12.6.